The van der Waals surface area contributed by atoms with Gasteiger partial charge in [0, 0.05) is 5.41 Å². The Kier molecular flexibility index (Phi) is 4.24. The number of phenols is 1. The second kappa shape index (κ2) is 6.16. The molecule has 0 aromatic heterocycles. The summed E-state index contributed by atoms with van der Waals surface area (Å²) in [6, 6.07) is 18.8. The van der Waals surface area contributed by atoms with Crippen molar-refractivity contribution >= 4 is 0 Å². The highest BCUT2D eigenvalue weighted by molar-refractivity contribution is 5.41. The van der Waals surface area contributed by atoms with E-state index in [0.717, 1.165) is 11.8 Å². The summed E-state index contributed by atoms with van der Waals surface area (Å²) in [7, 11) is 0. The first-order valence-electron chi connectivity index (χ1n) is 8.47. The van der Waals surface area contributed by atoms with Gasteiger partial charge in [-0.2, -0.15) is 0 Å². The molecule has 0 saturated heterocycles. The van der Waals surface area contributed by atoms with Gasteiger partial charge < -0.3 is 5.11 Å². The first kappa shape index (κ1) is 15.1. The van der Waals surface area contributed by atoms with Gasteiger partial charge in [0.15, 0.2) is 0 Å². The average molecular weight is 294 g/mol. The normalized spacial score (nSPS) is 25.3. The molecule has 0 unspecified atom stereocenters. The van der Waals surface area contributed by atoms with Crippen molar-refractivity contribution in [3.05, 3.63) is 65.7 Å². The lowest BCUT2D eigenvalue weighted by Crippen LogP contribution is -2.34. The zero-order chi connectivity index (χ0) is 15.6. The molecule has 2 aromatic carbocycles. The zero-order valence-corrected chi connectivity index (χ0v) is 13.6. The Bertz CT molecular complexity index is 590. The molecule has 0 bridgehead atoms. The largest absolute Gasteiger partial charge is 0.508 e. The second-order valence-electron chi connectivity index (χ2n) is 7.08. The summed E-state index contributed by atoms with van der Waals surface area (Å²) in [6.07, 6.45) is 4.97. The van der Waals surface area contributed by atoms with Crippen LogP contribution in [0.4, 0.5) is 0 Å². The van der Waals surface area contributed by atoms with E-state index in [-0.39, 0.29) is 5.41 Å². The highest BCUT2D eigenvalue weighted by atomic mass is 16.3. The molecule has 0 amide bonds. The van der Waals surface area contributed by atoms with Gasteiger partial charge in [0.1, 0.15) is 5.75 Å². The van der Waals surface area contributed by atoms with Gasteiger partial charge >= 0.3 is 0 Å². The minimum absolute atomic E-state index is 0.111. The predicted molar refractivity (Wildman–Crippen MR) is 92.1 cm³/mol. The smallest absolute Gasteiger partial charge is 0.115 e. The molecule has 116 valence electrons. The van der Waals surface area contributed by atoms with Gasteiger partial charge in [-0.3, -0.25) is 0 Å². The monoisotopic (exact) mass is 294 g/mol. The SMILES string of the molecule is CC(C)C1CCC(c2ccccc2)(c2ccc(O)cc2)CC1. The molecule has 1 aliphatic carbocycles. The van der Waals surface area contributed by atoms with E-state index >= 15 is 0 Å². The van der Waals surface area contributed by atoms with E-state index in [1.807, 2.05) is 12.1 Å². The van der Waals surface area contributed by atoms with Gasteiger partial charge in [0.05, 0.1) is 0 Å². The fourth-order valence-electron chi connectivity index (χ4n) is 4.08. The highest BCUT2D eigenvalue weighted by Crippen LogP contribution is 2.48. The van der Waals surface area contributed by atoms with Gasteiger partial charge in [0.25, 0.3) is 0 Å². The van der Waals surface area contributed by atoms with E-state index in [4.69, 9.17) is 0 Å². The maximum Gasteiger partial charge on any atom is 0.115 e. The zero-order valence-electron chi connectivity index (χ0n) is 13.6. The van der Waals surface area contributed by atoms with Gasteiger partial charge in [-0.15, -0.1) is 0 Å². The molecule has 1 heteroatoms. The lowest BCUT2D eigenvalue weighted by molar-refractivity contribution is 0.217. The highest BCUT2D eigenvalue weighted by Gasteiger charge is 2.38. The molecule has 1 N–H and O–H groups in total. The number of hydrogen-bond donors (Lipinski definition) is 1. The molecule has 0 atom stereocenters. The first-order valence-corrected chi connectivity index (χ1v) is 8.47. The maximum atomic E-state index is 9.62. The standard InChI is InChI=1S/C21H26O/c1-16(2)17-12-14-21(15-13-17,18-6-4-3-5-7-18)19-8-10-20(22)11-9-19/h3-11,16-17,22H,12-15H2,1-2H3. The van der Waals surface area contributed by atoms with Crippen LogP contribution in [0.2, 0.25) is 0 Å². The van der Waals surface area contributed by atoms with E-state index in [2.05, 4.69) is 56.3 Å². The summed E-state index contributed by atoms with van der Waals surface area (Å²) < 4.78 is 0. The molecule has 0 aliphatic heterocycles. The lowest BCUT2D eigenvalue weighted by Gasteiger charge is -2.42. The molecule has 0 spiro atoms. The van der Waals surface area contributed by atoms with Gasteiger partial charge in [-0.05, 0) is 60.8 Å². The van der Waals surface area contributed by atoms with Crippen molar-refractivity contribution in [1.82, 2.24) is 0 Å². The van der Waals surface area contributed by atoms with Crippen LogP contribution in [0.5, 0.6) is 5.75 Å². The molecule has 22 heavy (non-hydrogen) atoms. The summed E-state index contributed by atoms with van der Waals surface area (Å²) in [5.41, 5.74) is 2.88. The van der Waals surface area contributed by atoms with Crippen LogP contribution in [0.25, 0.3) is 0 Å². The topological polar surface area (TPSA) is 20.2 Å². The van der Waals surface area contributed by atoms with Crippen molar-refractivity contribution < 1.29 is 5.11 Å². The Morgan fingerprint density at radius 1 is 0.864 bits per heavy atom. The molecular weight excluding hydrogens is 268 g/mol. The van der Waals surface area contributed by atoms with Crippen molar-refractivity contribution in [3.8, 4) is 5.75 Å². The summed E-state index contributed by atoms with van der Waals surface area (Å²) in [5.74, 6) is 1.96. The fourth-order valence-corrected chi connectivity index (χ4v) is 4.08. The van der Waals surface area contributed by atoms with Gasteiger partial charge in [0.2, 0.25) is 0 Å². The lowest BCUT2D eigenvalue weighted by atomic mass is 9.62. The van der Waals surface area contributed by atoms with Crippen LogP contribution in [-0.4, -0.2) is 5.11 Å². The first-order chi connectivity index (χ1) is 10.6. The van der Waals surface area contributed by atoms with E-state index < -0.39 is 0 Å². The van der Waals surface area contributed by atoms with E-state index in [0.29, 0.717) is 5.75 Å². The quantitative estimate of drug-likeness (QED) is 0.789. The van der Waals surface area contributed by atoms with Crippen LogP contribution in [0, 0.1) is 11.8 Å². The van der Waals surface area contributed by atoms with Crippen LogP contribution < -0.4 is 0 Å². The summed E-state index contributed by atoms with van der Waals surface area (Å²) in [5, 5.41) is 9.62. The third-order valence-corrected chi connectivity index (χ3v) is 5.57. The molecule has 1 fully saturated rings. The van der Waals surface area contributed by atoms with Crippen molar-refractivity contribution in [1.29, 1.82) is 0 Å². The Balaban J connectivity index is 1.99. The molecule has 2 aromatic rings. The molecule has 3 rings (SSSR count). The minimum atomic E-state index is 0.111. The van der Waals surface area contributed by atoms with Crippen molar-refractivity contribution in [3.63, 3.8) is 0 Å². The Morgan fingerprint density at radius 3 is 1.95 bits per heavy atom. The van der Waals surface area contributed by atoms with E-state index in [1.165, 1.54) is 36.8 Å². The maximum absolute atomic E-state index is 9.62. The molecule has 0 heterocycles. The van der Waals surface area contributed by atoms with Crippen molar-refractivity contribution in [2.45, 2.75) is 44.9 Å². The number of benzene rings is 2. The van der Waals surface area contributed by atoms with Crippen LogP contribution in [-0.2, 0) is 5.41 Å². The number of aromatic hydroxyl groups is 1. The van der Waals surface area contributed by atoms with E-state index in [1.54, 1.807) is 0 Å². The number of rotatable bonds is 3. The van der Waals surface area contributed by atoms with Gasteiger partial charge in [-0.25, -0.2) is 0 Å². The van der Waals surface area contributed by atoms with Crippen LogP contribution in [0.3, 0.4) is 0 Å². The van der Waals surface area contributed by atoms with Gasteiger partial charge in [-0.1, -0.05) is 56.3 Å². The molecular formula is C21H26O. The Morgan fingerprint density at radius 2 is 1.41 bits per heavy atom. The molecule has 1 saturated carbocycles. The minimum Gasteiger partial charge on any atom is -0.508 e. The number of phenolic OH excluding ortho intramolecular Hbond substituents is 1. The average Bonchev–Trinajstić information content (AvgIpc) is 2.56. The third-order valence-electron chi connectivity index (χ3n) is 5.57. The molecule has 1 aliphatic rings. The summed E-state index contributed by atoms with van der Waals surface area (Å²) in [6.45, 7) is 4.70. The Hall–Kier alpha value is -1.76. The summed E-state index contributed by atoms with van der Waals surface area (Å²) >= 11 is 0. The molecule has 0 radical (unpaired) electrons. The predicted octanol–water partition coefficient (Wildman–Crippen LogP) is 5.52. The fraction of sp³-hybridized carbons (Fsp3) is 0.429. The van der Waals surface area contributed by atoms with Crippen LogP contribution >= 0.6 is 0 Å². The van der Waals surface area contributed by atoms with Crippen molar-refractivity contribution in [2.24, 2.45) is 11.8 Å². The molecule has 1 nitrogen and oxygen atoms in total. The number of hydrogen-bond acceptors (Lipinski definition) is 1. The van der Waals surface area contributed by atoms with Crippen LogP contribution in [0.15, 0.2) is 54.6 Å². The summed E-state index contributed by atoms with van der Waals surface area (Å²) in [4.78, 5) is 0. The van der Waals surface area contributed by atoms with Crippen LogP contribution in [0.1, 0.15) is 50.7 Å². The van der Waals surface area contributed by atoms with E-state index in [9.17, 15) is 5.11 Å². The van der Waals surface area contributed by atoms with Crippen molar-refractivity contribution in [2.75, 3.05) is 0 Å². The third kappa shape index (κ3) is 2.77. The second-order valence-corrected chi connectivity index (χ2v) is 7.08. The Labute approximate surface area is 134 Å².